The number of hydrogen-bond acceptors (Lipinski definition) is 4. The maximum absolute atomic E-state index is 13.4. The number of benzene rings is 1. The fourth-order valence-electron chi connectivity index (χ4n) is 1.25. The van der Waals surface area contributed by atoms with E-state index in [0.29, 0.717) is 0 Å². The highest BCUT2D eigenvalue weighted by Gasteiger charge is 2.16. The van der Waals surface area contributed by atoms with Crippen LogP contribution in [0.1, 0.15) is 24.2 Å². The van der Waals surface area contributed by atoms with Crippen molar-refractivity contribution in [1.29, 1.82) is 0 Å². The Morgan fingerprint density at radius 1 is 1.42 bits per heavy atom. The molecule has 4 nitrogen and oxygen atoms in total. The third-order valence-corrected chi connectivity index (χ3v) is 6.02. The largest absolute Gasteiger partial charge is 0.478 e. The van der Waals surface area contributed by atoms with Crippen LogP contribution >= 0.6 is 11.8 Å². The van der Waals surface area contributed by atoms with E-state index in [-0.39, 0.29) is 22.0 Å². The summed E-state index contributed by atoms with van der Waals surface area (Å²) in [5, 5.41) is 8.33. The third-order valence-electron chi connectivity index (χ3n) is 2.52. The van der Waals surface area contributed by atoms with E-state index in [2.05, 4.69) is 0 Å². The van der Waals surface area contributed by atoms with Crippen molar-refractivity contribution in [2.24, 2.45) is 0 Å². The van der Waals surface area contributed by atoms with Crippen molar-refractivity contribution >= 4 is 27.6 Å². The first-order valence-electron chi connectivity index (χ1n) is 5.61. The van der Waals surface area contributed by atoms with E-state index in [1.807, 2.05) is 0 Å². The molecule has 0 unspecified atom stereocenters. The molecule has 1 aromatic rings. The number of carboxylic acids is 1. The highest BCUT2D eigenvalue weighted by Crippen LogP contribution is 2.23. The molecule has 0 aliphatic rings. The molecule has 0 saturated carbocycles. The van der Waals surface area contributed by atoms with Crippen LogP contribution in [0.25, 0.3) is 0 Å². The third kappa shape index (κ3) is 4.50. The minimum Gasteiger partial charge on any atom is -0.478 e. The minimum atomic E-state index is -3.17. The average Bonchev–Trinajstić information content (AvgIpc) is 2.30. The van der Waals surface area contributed by atoms with Crippen LogP contribution < -0.4 is 0 Å². The van der Waals surface area contributed by atoms with E-state index in [1.54, 1.807) is 13.8 Å². The Labute approximate surface area is 115 Å². The number of carboxylic acid groups (broad SMARTS) is 1. The number of aromatic carboxylic acids is 1. The predicted molar refractivity (Wildman–Crippen MR) is 73.0 cm³/mol. The lowest BCUT2D eigenvalue weighted by Gasteiger charge is -2.08. The molecule has 0 spiro atoms. The monoisotopic (exact) mass is 306 g/mol. The second kappa shape index (κ2) is 6.38. The van der Waals surface area contributed by atoms with E-state index in [4.69, 9.17) is 5.11 Å². The van der Waals surface area contributed by atoms with Gasteiger partial charge in [0.15, 0.2) is 9.84 Å². The molecule has 1 rings (SSSR count). The number of carbonyl (C=O) groups is 1. The van der Waals surface area contributed by atoms with Gasteiger partial charge in [0.25, 0.3) is 0 Å². The number of halogens is 1. The molecule has 0 bridgehead atoms. The minimum absolute atomic E-state index is 0.0179. The van der Waals surface area contributed by atoms with E-state index in [0.717, 1.165) is 17.8 Å². The Hall–Kier alpha value is -1.08. The molecule has 0 aliphatic heterocycles. The Morgan fingerprint density at radius 3 is 2.58 bits per heavy atom. The maximum Gasteiger partial charge on any atom is 0.335 e. The summed E-state index contributed by atoms with van der Waals surface area (Å²) >= 11 is 1.01. The van der Waals surface area contributed by atoms with Crippen molar-refractivity contribution in [1.82, 2.24) is 0 Å². The summed E-state index contributed by atoms with van der Waals surface area (Å²) in [4.78, 5) is 10.9. The smallest absolute Gasteiger partial charge is 0.335 e. The number of thioether (sulfide) groups is 1. The number of rotatable bonds is 6. The van der Waals surface area contributed by atoms with Crippen LogP contribution in [0.2, 0.25) is 0 Å². The molecule has 0 heterocycles. The van der Waals surface area contributed by atoms with Gasteiger partial charge in [0, 0.05) is 10.6 Å². The second-order valence-electron chi connectivity index (χ2n) is 4.21. The Morgan fingerprint density at radius 2 is 2.05 bits per heavy atom. The van der Waals surface area contributed by atoms with Crippen molar-refractivity contribution in [3.63, 3.8) is 0 Å². The summed E-state index contributed by atoms with van der Waals surface area (Å²) in [6.45, 7) is 3.18. The van der Waals surface area contributed by atoms with Crippen LogP contribution in [0.15, 0.2) is 23.1 Å². The molecular formula is C12H15FO4S2. The lowest BCUT2D eigenvalue weighted by Crippen LogP contribution is -2.19. The van der Waals surface area contributed by atoms with Crippen molar-refractivity contribution in [3.05, 3.63) is 29.6 Å². The van der Waals surface area contributed by atoms with E-state index in [1.165, 1.54) is 12.1 Å². The van der Waals surface area contributed by atoms with Gasteiger partial charge in [0.1, 0.15) is 5.82 Å². The molecule has 106 valence electrons. The van der Waals surface area contributed by atoms with Crippen LogP contribution in [-0.4, -0.2) is 36.2 Å². The van der Waals surface area contributed by atoms with Crippen LogP contribution in [0.5, 0.6) is 0 Å². The Balaban J connectivity index is 2.73. The average molecular weight is 306 g/mol. The van der Waals surface area contributed by atoms with Gasteiger partial charge >= 0.3 is 5.97 Å². The highest BCUT2D eigenvalue weighted by molar-refractivity contribution is 8.00. The predicted octanol–water partition coefficient (Wildman–Crippen LogP) is 2.44. The van der Waals surface area contributed by atoms with Crippen LogP contribution in [0.4, 0.5) is 4.39 Å². The summed E-state index contributed by atoms with van der Waals surface area (Å²) in [6, 6.07) is 3.46. The molecular weight excluding hydrogens is 291 g/mol. The first-order valence-corrected chi connectivity index (χ1v) is 8.31. The molecule has 0 amide bonds. The standard InChI is InChI=1S/C12H15FO4S2/c1-8(2)19(16,17)6-5-18-11-7-9(12(14)15)3-4-10(11)13/h3-4,7-8H,5-6H2,1-2H3,(H,14,15). The van der Waals surface area contributed by atoms with Crippen molar-refractivity contribution in [2.75, 3.05) is 11.5 Å². The summed E-state index contributed by atoms with van der Waals surface area (Å²) in [5.74, 6) is -1.55. The summed E-state index contributed by atoms with van der Waals surface area (Å²) in [7, 11) is -3.17. The van der Waals surface area contributed by atoms with Crippen LogP contribution in [0.3, 0.4) is 0 Å². The second-order valence-corrected chi connectivity index (χ2v) is 8.03. The molecule has 7 heteroatoms. The first kappa shape index (κ1) is 16.0. The molecule has 0 saturated heterocycles. The zero-order valence-corrected chi connectivity index (χ0v) is 12.2. The summed E-state index contributed by atoms with van der Waals surface area (Å²) in [6.07, 6.45) is 0. The molecule has 0 atom stereocenters. The Bertz CT molecular complexity index is 567. The zero-order valence-electron chi connectivity index (χ0n) is 10.6. The fraction of sp³-hybridized carbons (Fsp3) is 0.417. The summed E-state index contributed by atoms with van der Waals surface area (Å²) < 4.78 is 36.6. The van der Waals surface area contributed by atoms with Gasteiger partial charge in [-0.15, -0.1) is 11.8 Å². The van der Waals surface area contributed by atoms with Crippen molar-refractivity contribution in [2.45, 2.75) is 24.0 Å². The van der Waals surface area contributed by atoms with E-state index >= 15 is 0 Å². The van der Waals surface area contributed by atoms with Gasteiger partial charge in [0.2, 0.25) is 0 Å². The van der Waals surface area contributed by atoms with Crippen molar-refractivity contribution in [3.8, 4) is 0 Å². The van der Waals surface area contributed by atoms with E-state index < -0.39 is 26.9 Å². The lowest BCUT2D eigenvalue weighted by atomic mass is 10.2. The van der Waals surface area contributed by atoms with Crippen LogP contribution in [0, 0.1) is 5.82 Å². The van der Waals surface area contributed by atoms with Gasteiger partial charge in [-0.1, -0.05) is 0 Å². The molecule has 0 fully saturated rings. The molecule has 19 heavy (non-hydrogen) atoms. The normalized spacial score (nSPS) is 11.8. The molecule has 0 aliphatic carbocycles. The molecule has 0 radical (unpaired) electrons. The maximum atomic E-state index is 13.4. The van der Waals surface area contributed by atoms with Crippen LogP contribution in [-0.2, 0) is 9.84 Å². The summed E-state index contributed by atoms with van der Waals surface area (Å²) in [5.41, 5.74) is -0.0179. The number of sulfone groups is 1. The van der Waals surface area contributed by atoms with Gasteiger partial charge in [-0.3, -0.25) is 0 Å². The van der Waals surface area contributed by atoms with Gasteiger partial charge in [-0.25, -0.2) is 17.6 Å². The van der Waals surface area contributed by atoms with Crippen molar-refractivity contribution < 1.29 is 22.7 Å². The fourth-order valence-corrected chi connectivity index (χ4v) is 3.62. The quantitative estimate of drug-likeness (QED) is 0.817. The number of hydrogen-bond donors (Lipinski definition) is 1. The van der Waals surface area contributed by atoms with Gasteiger partial charge in [-0.2, -0.15) is 0 Å². The zero-order chi connectivity index (χ0) is 14.6. The molecule has 1 aromatic carbocycles. The molecule has 1 N–H and O–H groups in total. The first-order chi connectivity index (χ1) is 8.74. The van der Waals surface area contributed by atoms with Gasteiger partial charge < -0.3 is 5.11 Å². The topological polar surface area (TPSA) is 71.4 Å². The van der Waals surface area contributed by atoms with Gasteiger partial charge in [0.05, 0.1) is 16.6 Å². The molecule has 0 aromatic heterocycles. The van der Waals surface area contributed by atoms with E-state index in [9.17, 15) is 17.6 Å². The van der Waals surface area contributed by atoms with Gasteiger partial charge in [-0.05, 0) is 32.0 Å². The SMILES string of the molecule is CC(C)S(=O)(=O)CCSc1cc(C(=O)O)ccc1F. The Kier molecular flexibility index (Phi) is 5.37. The lowest BCUT2D eigenvalue weighted by molar-refractivity contribution is 0.0696. The highest BCUT2D eigenvalue weighted by atomic mass is 32.2.